The van der Waals surface area contributed by atoms with E-state index < -0.39 is 6.10 Å². The van der Waals surface area contributed by atoms with E-state index in [4.69, 9.17) is 28.5 Å². The molecule has 1 unspecified atom stereocenters. The van der Waals surface area contributed by atoms with Crippen LogP contribution in [0, 0.1) is 11.3 Å². The van der Waals surface area contributed by atoms with Crippen molar-refractivity contribution in [2.45, 2.75) is 6.10 Å². The van der Waals surface area contributed by atoms with Crippen LogP contribution in [0.3, 0.4) is 0 Å². The number of hydrogen-bond donors (Lipinski definition) is 1. The summed E-state index contributed by atoms with van der Waals surface area (Å²) < 4.78 is 0. The van der Waals surface area contributed by atoms with Crippen LogP contribution < -0.4 is 0 Å². The van der Waals surface area contributed by atoms with Gasteiger partial charge in [0.15, 0.2) is 0 Å². The number of halogens is 2. The molecule has 72 valence electrons. The molecule has 2 nitrogen and oxygen atoms in total. The highest BCUT2D eigenvalue weighted by Gasteiger charge is 2.05. The van der Waals surface area contributed by atoms with Crippen LogP contribution in [0.25, 0.3) is 0 Å². The first-order valence-electron chi connectivity index (χ1n) is 3.84. The molecule has 0 fully saturated rings. The van der Waals surface area contributed by atoms with Gasteiger partial charge in [-0.1, -0.05) is 29.3 Å². The summed E-state index contributed by atoms with van der Waals surface area (Å²) in [4.78, 5) is 0. The molecule has 0 saturated carbocycles. The molecule has 1 atom stereocenters. The van der Waals surface area contributed by atoms with Crippen molar-refractivity contribution >= 4 is 23.2 Å². The molecular formula is C10H7Cl2NO. The van der Waals surface area contributed by atoms with Gasteiger partial charge in [0.05, 0.1) is 22.2 Å². The minimum absolute atomic E-state index is 0.383. The lowest BCUT2D eigenvalue weighted by atomic mass is 10.1. The maximum absolute atomic E-state index is 9.53. The quantitative estimate of drug-likeness (QED) is 0.790. The van der Waals surface area contributed by atoms with Crippen molar-refractivity contribution in [2.24, 2.45) is 0 Å². The Morgan fingerprint density at radius 3 is 2.64 bits per heavy atom. The number of aliphatic hydroxyl groups excluding tert-OH is 1. The van der Waals surface area contributed by atoms with Gasteiger partial charge >= 0.3 is 0 Å². The second-order valence-corrected chi connectivity index (χ2v) is 3.42. The zero-order chi connectivity index (χ0) is 10.6. The molecule has 0 saturated heterocycles. The van der Waals surface area contributed by atoms with Crippen LogP contribution in [-0.2, 0) is 0 Å². The molecule has 0 spiro atoms. The summed E-state index contributed by atoms with van der Waals surface area (Å²) in [6.45, 7) is 0. The standard InChI is InChI=1S/C10H7Cl2NO/c11-8-4-3-7(6-9(8)12)10(14)2-1-5-13/h1-4,6,10,14H/b2-1+. The van der Waals surface area contributed by atoms with E-state index in [1.165, 1.54) is 12.2 Å². The molecule has 0 aliphatic carbocycles. The first kappa shape index (κ1) is 11.1. The van der Waals surface area contributed by atoms with Crippen LogP contribution in [-0.4, -0.2) is 5.11 Å². The lowest BCUT2D eigenvalue weighted by Crippen LogP contribution is -1.92. The van der Waals surface area contributed by atoms with Crippen molar-refractivity contribution in [3.05, 3.63) is 46.0 Å². The topological polar surface area (TPSA) is 44.0 Å². The monoisotopic (exact) mass is 227 g/mol. The maximum Gasteiger partial charge on any atom is 0.0982 e. The minimum atomic E-state index is -0.829. The van der Waals surface area contributed by atoms with Gasteiger partial charge in [-0.05, 0) is 23.8 Å². The molecule has 1 aromatic rings. The van der Waals surface area contributed by atoms with Gasteiger partial charge in [0.2, 0.25) is 0 Å². The average Bonchev–Trinajstić information content (AvgIpc) is 2.18. The minimum Gasteiger partial charge on any atom is -0.384 e. The number of benzene rings is 1. The maximum atomic E-state index is 9.53. The molecule has 4 heteroatoms. The van der Waals surface area contributed by atoms with Crippen molar-refractivity contribution in [1.29, 1.82) is 5.26 Å². The fourth-order valence-corrected chi connectivity index (χ4v) is 1.25. The van der Waals surface area contributed by atoms with Gasteiger partial charge in [-0.15, -0.1) is 0 Å². The molecule has 1 N–H and O–H groups in total. The highest BCUT2D eigenvalue weighted by atomic mass is 35.5. The van der Waals surface area contributed by atoms with Crippen molar-refractivity contribution in [3.8, 4) is 6.07 Å². The lowest BCUT2D eigenvalue weighted by molar-refractivity contribution is 0.229. The van der Waals surface area contributed by atoms with Crippen LogP contribution >= 0.6 is 23.2 Å². The number of aliphatic hydroxyl groups is 1. The summed E-state index contributed by atoms with van der Waals surface area (Å²) in [5.74, 6) is 0. The number of allylic oxidation sites excluding steroid dienone is 1. The number of nitrogens with zero attached hydrogens (tertiary/aromatic N) is 1. The summed E-state index contributed by atoms with van der Waals surface area (Å²) >= 11 is 11.5. The Morgan fingerprint density at radius 1 is 1.36 bits per heavy atom. The molecule has 0 bridgehead atoms. The van der Waals surface area contributed by atoms with Gasteiger partial charge in [0.1, 0.15) is 0 Å². The van der Waals surface area contributed by atoms with Gasteiger partial charge in [0, 0.05) is 6.08 Å². The van der Waals surface area contributed by atoms with Gasteiger partial charge < -0.3 is 5.11 Å². The van der Waals surface area contributed by atoms with E-state index in [0.29, 0.717) is 15.6 Å². The summed E-state index contributed by atoms with van der Waals surface area (Å²) in [6.07, 6.45) is 1.76. The lowest BCUT2D eigenvalue weighted by Gasteiger charge is -2.06. The predicted octanol–water partition coefficient (Wildman–Crippen LogP) is 3.11. The van der Waals surface area contributed by atoms with Gasteiger partial charge in [0.25, 0.3) is 0 Å². The zero-order valence-corrected chi connectivity index (χ0v) is 8.63. The summed E-state index contributed by atoms with van der Waals surface area (Å²) in [7, 11) is 0. The second-order valence-electron chi connectivity index (χ2n) is 2.61. The van der Waals surface area contributed by atoms with E-state index in [2.05, 4.69) is 0 Å². The van der Waals surface area contributed by atoms with E-state index in [1.807, 2.05) is 0 Å². The summed E-state index contributed by atoms with van der Waals surface area (Å²) in [5, 5.41) is 18.6. The Bertz CT molecular complexity index is 396. The SMILES string of the molecule is N#C/C=C/C(O)c1ccc(Cl)c(Cl)c1. The van der Waals surface area contributed by atoms with Crippen LogP contribution in [0.5, 0.6) is 0 Å². The van der Waals surface area contributed by atoms with E-state index in [1.54, 1.807) is 24.3 Å². The van der Waals surface area contributed by atoms with E-state index in [-0.39, 0.29) is 0 Å². The van der Waals surface area contributed by atoms with E-state index >= 15 is 0 Å². The van der Waals surface area contributed by atoms with Crippen LogP contribution in [0.2, 0.25) is 10.0 Å². The highest BCUT2D eigenvalue weighted by Crippen LogP contribution is 2.25. The van der Waals surface area contributed by atoms with Crippen molar-refractivity contribution in [2.75, 3.05) is 0 Å². The third-order valence-corrected chi connectivity index (χ3v) is 2.38. The van der Waals surface area contributed by atoms with Gasteiger partial charge in [-0.2, -0.15) is 5.26 Å². The first-order chi connectivity index (χ1) is 6.65. The number of hydrogen-bond acceptors (Lipinski definition) is 2. The van der Waals surface area contributed by atoms with Gasteiger partial charge in [-0.3, -0.25) is 0 Å². The molecule has 1 rings (SSSR count). The Hall–Kier alpha value is -1.01. The van der Waals surface area contributed by atoms with Crippen LogP contribution in [0.1, 0.15) is 11.7 Å². The summed E-state index contributed by atoms with van der Waals surface area (Å²) in [6, 6.07) is 6.61. The summed E-state index contributed by atoms with van der Waals surface area (Å²) in [5.41, 5.74) is 0.603. The molecule has 1 aromatic carbocycles. The zero-order valence-electron chi connectivity index (χ0n) is 7.11. The number of rotatable bonds is 2. The molecule has 14 heavy (non-hydrogen) atoms. The second kappa shape index (κ2) is 5.02. The van der Waals surface area contributed by atoms with Gasteiger partial charge in [-0.25, -0.2) is 0 Å². The van der Waals surface area contributed by atoms with E-state index in [0.717, 1.165) is 0 Å². The molecule has 0 amide bonds. The van der Waals surface area contributed by atoms with Crippen molar-refractivity contribution < 1.29 is 5.11 Å². The third kappa shape index (κ3) is 2.74. The highest BCUT2D eigenvalue weighted by molar-refractivity contribution is 6.42. The fourth-order valence-electron chi connectivity index (χ4n) is 0.942. The Kier molecular flexibility index (Phi) is 3.97. The van der Waals surface area contributed by atoms with E-state index in [9.17, 15) is 5.11 Å². The van der Waals surface area contributed by atoms with Crippen molar-refractivity contribution in [1.82, 2.24) is 0 Å². The molecule has 0 aliphatic rings. The molecule has 0 aromatic heterocycles. The Labute approximate surface area is 92.0 Å². The Balaban J connectivity index is 2.92. The third-order valence-electron chi connectivity index (χ3n) is 1.64. The van der Waals surface area contributed by atoms with Crippen LogP contribution in [0.4, 0.5) is 0 Å². The molecule has 0 radical (unpaired) electrons. The molecular weight excluding hydrogens is 221 g/mol. The fraction of sp³-hybridized carbons (Fsp3) is 0.100. The predicted molar refractivity (Wildman–Crippen MR) is 56.2 cm³/mol. The largest absolute Gasteiger partial charge is 0.384 e. The average molecular weight is 228 g/mol. The van der Waals surface area contributed by atoms with Crippen LogP contribution in [0.15, 0.2) is 30.4 Å². The molecule has 0 heterocycles. The smallest absolute Gasteiger partial charge is 0.0982 e. The molecule has 0 aliphatic heterocycles. The van der Waals surface area contributed by atoms with Crippen molar-refractivity contribution in [3.63, 3.8) is 0 Å². The first-order valence-corrected chi connectivity index (χ1v) is 4.60. The number of nitriles is 1. The normalized spacial score (nSPS) is 12.7. The Morgan fingerprint density at radius 2 is 2.07 bits per heavy atom.